The summed E-state index contributed by atoms with van der Waals surface area (Å²) in [5.74, 6) is -1.09. The van der Waals surface area contributed by atoms with E-state index in [1.165, 1.54) is 28.4 Å². The molecule has 94 valence electrons. The molecule has 1 fully saturated rings. The highest BCUT2D eigenvalue weighted by atomic mass is 32.2. The van der Waals surface area contributed by atoms with Crippen LogP contribution in [0.25, 0.3) is 0 Å². The van der Waals surface area contributed by atoms with Crippen LogP contribution < -0.4 is 0 Å². The van der Waals surface area contributed by atoms with Crippen LogP contribution in [0.5, 0.6) is 0 Å². The third-order valence-corrected chi connectivity index (χ3v) is 5.28. The molecular weight excluding hydrogens is 262 g/mol. The van der Waals surface area contributed by atoms with E-state index >= 15 is 0 Å². The molecule has 0 bridgehead atoms. The van der Waals surface area contributed by atoms with Gasteiger partial charge in [-0.2, -0.15) is 0 Å². The molecule has 0 unspecified atom stereocenters. The number of fused-ring (bicyclic) bond motifs is 1. The quantitative estimate of drug-likeness (QED) is 0.742. The number of aliphatic hydroxyl groups is 1. The average Bonchev–Trinajstić information content (AvgIpc) is 2.53. The maximum absolute atomic E-state index is 11.8. The first-order valence-electron chi connectivity index (χ1n) is 5.27. The first-order chi connectivity index (χ1) is 7.99. The summed E-state index contributed by atoms with van der Waals surface area (Å²) in [6.07, 6.45) is -0.739. The molecule has 0 saturated carbocycles. The second-order valence-electron chi connectivity index (χ2n) is 3.86. The van der Waals surface area contributed by atoms with Gasteiger partial charge in [0, 0.05) is 0 Å². The molecule has 2 rings (SSSR count). The molecular formula is C10H13NO4S2. The van der Waals surface area contributed by atoms with Crippen molar-refractivity contribution >= 4 is 35.4 Å². The molecule has 5 nitrogen and oxygen atoms in total. The number of aliphatic hydroxyl groups excluding tert-OH is 1. The van der Waals surface area contributed by atoms with Crippen LogP contribution in [0, 0.1) is 5.92 Å². The van der Waals surface area contributed by atoms with Crippen LogP contribution in [0.1, 0.15) is 13.8 Å². The minimum atomic E-state index is -1.08. The van der Waals surface area contributed by atoms with E-state index in [1.807, 2.05) is 6.92 Å². The lowest BCUT2D eigenvalue weighted by atomic mass is 9.92. The number of hydrogen-bond acceptors (Lipinski definition) is 5. The van der Waals surface area contributed by atoms with E-state index in [1.54, 1.807) is 6.92 Å². The molecule has 2 heterocycles. The van der Waals surface area contributed by atoms with Gasteiger partial charge in [-0.05, 0) is 12.7 Å². The molecule has 1 amide bonds. The van der Waals surface area contributed by atoms with Crippen LogP contribution >= 0.6 is 23.5 Å². The number of β-lactam (4-membered cyclic amide) rings is 1. The Morgan fingerprint density at radius 2 is 2.29 bits per heavy atom. The second-order valence-corrected chi connectivity index (χ2v) is 6.52. The number of carbonyl (C=O) groups is 2. The van der Waals surface area contributed by atoms with E-state index in [2.05, 4.69) is 0 Å². The Kier molecular flexibility index (Phi) is 3.42. The van der Waals surface area contributed by atoms with E-state index in [4.69, 9.17) is 5.11 Å². The molecule has 1 saturated heterocycles. The molecule has 2 aliphatic rings. The standard InChI is InChI=1S/C10H13NO4S2/c1-3-16-10-6(9(14)15)11-7(13)5(4(2)12)8(11)17-10/h4-5,8,12H,3H2,1-2H3,(H,14,15)/t4-,5+,8-/m0/s1. The molecule has 0 aliphatic carbocycles. The molecule has 0 radical (unpaired) electrons. The number of nitrogens with zero attached hydrogens (tertiary/aromatic N) is 1. The van der Waals surface area contributed by atoms with Crippen molar-refractivity contribution < 1.29 is 19.8 Å². The molecule has 0 aromatic carbocycles. The van der Waals surface area contributed by atoms with Crippen molar-refractivity contribution in [2.24, 2.45) is 5.92 Å². The lowest BCUT2D eigenvalue weighted by molar-refractivity contribution is -0.156. The fourth-order valence-electron chi connectivity index (χ4n) is 1.98. The van der Waals surface area contributed by atoms with Crippen LogP contribution in [0.4, 0.5) is 0 Å². The summed E-state index contributed by atoms with van der Waals surface area (Å²) >= 11 is 2.79. The Balaban J connectivity index is 2.26. The minimum absolute atomic E-state index is 0.0775. The summed E-state index contributed by atoms with van der Waals surface area (Å²) in [6, 6.07) is 0. The van der Waals surface area contributed by atoms with Crippen LogP contribution in [-0.4, -0.2) is 44.2 Å². The molecule has 0 spiro atoms. The first-order valence-corrected chi connectivity index (χ1v) is 7.13. The van der Waals surface area contributed by atoms with E-state index in [9.17, 15) is 14.7 Å². The highest BCUT2D eigenvalue weighted by Gasteiger charge is 2.57. The van der Waals surface area contributed by atoms with Crippen molar-refractivity contribution in [1.29, 1.82) is 0 Å². The van der Waals surface area contributed by atoms with Crippen LogP contribution in [0.2, 0.25) is 0 Å². The molecule has 17 heavy (non-hydrogen) atoms. The zero-order valence-electron chi connectivity index (χ0n) is 9.41. The molecule has 3 atom stereocenters. The zero-order valence-corrected chi connectivity index (χ0v) is 11.0. The van der Waals surface area contributed by atoms with Gasteiger partial charge in [0.05, 0.1) is 16.3 Å². The lowest BCUT2D eigenvalue weighted by Gasteiger charge is -2.43. The number of hydrogen-bond donors (Lipinski definition) is 2. The number of carboxylic acids is 1. The molecule has 2 aliphatic heterocycles. The smallest absolute Gasteiger partial charge is 0.354 e. The van der Waals surface area contributed by atoms with Crippen molar-refractivity contribution in [3.8, 4) is 0 Å². The Hall–Kier alpha value is -0.660. The summed E-state index contributed by atoms with van der Waals surface area (Å²) in [5, 5.41) is 18.4. The summed E-state index contributed by atoms with van der Waals surface area (Å²) < 4.78 is 0.668. The lowest BCUT2D eigenvalue weighted by Crippen LogP contribution is -2.60. The number of thioether (sulfide) groups is 2. The number of carboxylic acid groups (broad SMARTS) is 1. The normalized spacial score (nSPS) is 29.1. The van der Waals surface area contributed by atoms with E-state index in [0.29, 0.717) is 4.24 Å². The van der Waals surface area contributed by atoms with E-state index < -0.39 is 18.0 Å². The third-order valence-electron chi connectivity index (χ3n) is 2.74. The van der Waals surface area contributed by atoms with Crippen molar-refractivity contribution in [3.05, 3.63) is 9.93 Å². The van der Waals surface area contributed by atoms with Crippen LogP contribution in [-0.2, 0) is 9.59 Å². The Bertz CT molecular complexity index is 407. The highest BCUT2D eigenvalue weighted by molar-refractivity contribution is 8.22. The Labute approximate surface area is 107 Å². The van der Waals surface area contributed by atoms with Gasteiger partial charge in [-0.1, -0.05) is 18.7 Å². The van der Waals surface area contributed by atoms with Crippen molar-refractivity contribution in [2.75, 3.05) is 5.75 Å². The van der Waals surface area contributed by atoms with Crippen molar-refractivity contribution in [1.82, 2.24) is 4.90 Å². The van der Waals surface area contributed by atoms with Crippen molar-refractivity contribution in [2.45, 2.75) is 25.3 Å². The van der Waals surface area contributed by atoms with Gasteiger partial charge in [0.2, 0.25) is 5.91 Å². The second kappa shape index (κ2) is 4.55. The zero-order chi connectivity index (χ0) is 12.7. The Morgan fingerprint density at radius 1 is 1.65 bits per heavy atom. The van der Waals surface area contributed by atoms with Gasteiger partial charge in [0.1, 0.15) is 5.37 Å². The number of amides is 1. The van der Waals surface area contributed by atoms with E-state index in [0.717, 1.165) is 5.75 Å². The summed E-state index contributed by atoms with van der Waals surface area (Å²) in [6.45, 7) is 3.49. The summed E-state index contributed by atoms with van der Waals surface area (Å²) in [4.78, 5) is 24.2. The Morgan fingerprint density at radius 3 is 2.76 bits per heavy atom. The predicted octanol–water partition coefficient (Wildman–Crippen LogP) is 0.905. The van der Waals surface area contributed by atoms with Crippen molar-refractivity contribution in [3.63, 3.8) is 0 Å². The van der Waals surface area contributed by atoms with Gasteiger partial charge in [0.25, 0.3) is 0 Å². The summed E-state index contributed by atoms with van der Waals surface area (Å²) in [5.41, 5.74) is 0.0775. The van der Waals surface area contributed by atoms with Crippen LogP contribution in [0.15, 0.2) is 9.93 Å². The predicted molar refractivity (Wildman–Crippen MR) is 66.2 cm³/mol. The van der Waals surface area contributed by atoms with Crippen LogP contribution in [0.3, 0.4) is 0 Å². The van der Waals surface area contributed by atoms with Gasteiger partial charge in [-0.15, -0.1) is 11.8 Å². The maximum atomic E-state index is 11.8. The van der Waals surface area contributed by atoms with Gasteiger partial charge >= 0.3 is 5.97 Å². The molecule has 0 aromatic rings. The number of carbonyl (C=O) groups excluding carboxylic acids is 1. The molecule has 7 heteroatoms. The largest absolute Gasteiger partial charge is 0.477 e. The summed E-state index contributed by atoms with van der Waals surface area (Å²) in [7, 11) is 0. The third kappa shape index (κ3) is 1.86. The fourth-order valence-corrected chi connectivity index (χ4v) is 4.81. The number of aliphatic carboxylic acids is 1. The minimum Gasteiger partial charge on any atom is -0.477 e. The SMILES string of the molecule is CCSC1=C(C(=O)O)N2C(=O)[C@@H]([C@H](C)O)[C@@H]2S1. The average molecular weight is 275 g/mol. The van der Waals surface area contributed by atoms with Gasteiger partial charge < -0.3 is 10.2 Å². The maximum Gasteiger partial charge on any atom is 0.354 e. The van der Waals surface area contributed by atoms with Gasteiger partial charge in [0.15, 0.2) is 5.70 Å². The molecule has 0 aromatic heterocycles. The monoisotopic (exact) mass is 275 g/mol. The number of rotatable bonds is 4. The molecule has 2 N–H and O–H groups in total. The highest BCUT2D eigenvalue weighted by Crippen LogP contribution is 2.53. The topological polar surface area (TPSA) is 77.8 Å². The van der Waals surface area contributed by atoms with Gasteiger partial charge in [-0.3, -0.25) is 9.69 Å². The van der Waals surface area contributed by atoms with E-state index in [-0.39, 0.29) is 17.0 Å². The fraction of sp³-hybridized carbons (Fsp3) is 0.600. The van der Waals surface area contributed by atoms with Gasteiger partial charge in [-0.25, -0.2) is 4.79 Å². The first kappa shape index (κ1) is 12.8.